The van der Waals surface area contributed by atoms with Gasteiger partial charge in [-0.05, 0) is 54.1 Å². The van der Waals surface area contributed by atoms with Gasteiger partial charge in [0, 0.05) is 12.0 Å². The summed E-state index contributed by atoms with van der Waals surface area (Å²) in [5.41, 5.74) is 1.69. The average molecular weight is 444 g/mol. The average Bonchev–Trinajstić information content (AvgIpc) is 3.24. The summed E-state index contributed by atoms with van der Waals surface area (Å²) in [5.74, 6) is 0.682. The number of anilines is 1. The van der Waals surface area contributed by atoms with E-state index in [1.165, 1.54) is 32.4 Å². The Morgan fingerprint density at radius 3 is 2.28 bits per heavy atom. The van der Waals surface area contributed by atoms with Gasteiger partial charge in [0.1, 0.15) is 5.82 Å². The van der Waals surface area contributed by atoms with E-state index in [9.17, 15) is 17.6 Å². The second-order valence-corrected chi connectivity index (χ2v) is 7.28. The third-order valence-electron chi connectivity index (χ3n) is 5.32. The molecule has 0 amide bonds. The zero-order valence-electron chi connectivity index (χ0n) is 17.4. The van der Waals surface area contributed by atoms with Crippen molar-refractivity contribution >= 4 is 11.4 Å². The second-order valence-electron chi connectivity index (χ2n) is 7.28. The fraction of sp³-hybridized carbons (Fsp3) is 0.208. The summed E-state index contributed by atoms with van der Waals surface area (Å²) in [6.45, 7) is 0. The van der Waals surface area contributed by atoms with Gasteiger partial charge in [-0.2, -0.15) is 18.3 Å². The van der Waals surface area contributed by atoms with Crippen LogP contribution < -0.4 is 14.5 Å². The molecule has 1 aliphatic rings. The van der Waals surface area contributed by atoms with Crippen LogP contribution in [0.25, 0.3) is 0 Å². The number of halogens is 4. The summed E-state index contributed by atoms with van der Waals surface area (Å²) in [7, 11) is 3.05. The molecule has 0 spiro atoms. The van der Waals surface area contributed by atoms with E-state index in [0.29, 0.717) is 29.3 Å². The number of hydrogen-bond donors (Lipinski definition) is 0. The van der Waals surface area contributed by atoms with Crippen molar-refractivity contribution in [1.82, 2.24) is 0 Å². The Bertz CT molecular complexity index is 1140. The van der Waals surface area contributed by atoms with Crippen LogP contribution in [-0.4, -0.2) is 19.9 Å². The molecule has 1 atom stereocenters. The summed E-state index contributed by atoms with van der Waals surface area (Å²) in [4.78, 5) is 0. The van der Waals surface area contributed by atoms with Crippen LogP contribution in [0.2, 0.25) is 0 Å². The van der Waals surface area contributed by atoms with Crippen molar-refractivity contribution in [2.75, 3.05) is 19.2 Å². The van der Waals surface area contributed by atoms with Gasteiger partial charge in [-0.15, -0.1) is 0 Å². The summed E-state index contributed by atoms with van der Waals surface area (Å²) < 4.78 is 64.0. The lowest BCUT2D eigenvalue weighted by Crippen LogP contribution is -2.19. The largest absolute Gasteiger partial charge is 0.493 e. The predicted molar refractivity (Wildman–Crippen MR) is 114 cm³/mol. The van der Waals surface area contributed by atoms with Crippen LogP contribution in [0.4, 0.5) is 23.2 Å². The molecule has 3 aromatic rings. The molecule has 166 valence electrons. The maximum atomic E-state index is 13.5. The Kier molecular flexibility index (Phi) is 5.78. The number of hydrazone groups is 1. The number of ether oxygens (including phenoxy) is 2. The van der Waals surface area contributed by atoms with Gasteiger partial charge in [0.25, 0.3) is 0 Å². The molecule has 4 rings (SSSR count). The first-order chi connectivity index (χ1) is 15.3. The van der Waals surface area contributed by atoms with Gasteiger partial charge in [0.05, 0.1) is 37.2 Å². The number of methoxy groups -OCH3 is 2. The van der Waals surface area contributed by atoms with E-state index in [2.05, 4.69) is 5.10 Å². The van der Waals surface area contributed by atoms with E-state index in [-0.39, 0.29) is 0 Å². The second kappa shape index (κ2) is 8.53. The third kappa shape index (κ3) is 4.26. The highest BCUT2D eigenvalue weighted by Crippen LogP contribution is 2.40. The van der Waals surface area contributed by atoms with Crippen LogP contribution in [0, 0.1) is 5.82 Å². The molecule has 0 bridgehead atoms. The molecule has 0 saturated heterocycles. The minimum absolute atomic E-state index is 0.296. The maximum absolute atomic E-state index is 13.5. The molecule has 32 heavy (non-hydrogen) atoms. The van der Waals surface area contributed by atoms with Gasteiger partial charge in [0.15, 0.2) is 11.5 Å². The summed E-state index contributed by atoms with van der Waals surface area (Å²) in [6.07, 6.45) is -4.06. The monoisotopic (exact) mass is 444 g/mol. The first-order valence-corrected chi connectivity index (χ1v) is 9.82. The van der Waals surface area contributed by atoms with E-state index >= 15 is 0 Å². The van der Waals surface area contributed by atoms with Crippen molar-refractivity contribution in [2.45, 2.75) is 18.6 Å². The Hall–Kier alpha value is -3.55. The topological polar surface area (TPSA) is 34.1 Å². The summed E-state index contributed by atoms with van der Waals surface area (Å²) >= 11 is 0. The lowest BCUT2D eigenvalue weighted by Gasteiger charge is -2.24. The fourth-order valence-corrected chi connectivity index (χ4v) is 3.71. The van der Waals surface area contributed by atoms with Crippen LogP contribution in [0.3, 0.4) is 0 Å². The standard InChI is InChI=1S/C24H20F4N2O2/c1-31-22-11-8-16(12-23(22)32-2)20-14-21(15-6-9-18(25)10-7-15)30(29-20)19-5-3-4-17(13-19)24(26,27)28/h3-13,21H,14H2,1-2H3. The SMILES string of the molecule is COc1ccc(C2=NN(c3cccc(C(F)(F)F)c3)C(c3ccc(F)cc3)C2)cc1OC. The summed E-state index contributed by atoms with van der Waals surface area (Å²) in [6, 6.07) is 15.8. The molecule has 0 fully saturated rings. The van der Waals surface area contributed by atoms with Gasteiger partial charge < -0.3 is 9.47 Å². The third-order valence-corrected chi connectivity index (χ3v) is 5.32. The predicted octanol–water partition coefficient (Wildman–Crippen LogP) is 6.22. The van der Waals surface area contributed by atoms with Crippen molar-refractivity contribution in [2.24, 2.45) is 5.10 Å². The number of nitrogens with zero attached hydrogens (tertiary/aromatic N) is 2. The smallest absolute Gasteiger partial charge is 0.416 e. The van der Waals surface area contributed by atoms with E-state index in [1.54, 1.807) is 35.3 Å². The van der Waals surface area contributed by atoms with E-state index in [1.807, 2.05) is 6.07 Å². The van der Waals surface area contributed by atoms with E-state index < -0.39 is 23.6 Å². The van der Waals surface area contributed by atoms with E-state index in [0.717, 1.165) is 23.3 Å². The normalized spacial score (nSPS) is 16.1. The molecular formula is C24H20F4N2O2. The first kappa shape index (κ1) is 21.7. The van der Waals surface area contributed by atoms with Crippen molar-refractivity contribution < 1.29 is 27.0 Å². The minimum Gasteiger partial charge on any atom is -0.493 e. The molecule has 4 nitrogen and oxygen atoms in total. The van der Waals surface area contributed by atoms with Crippen LogP contribution in [0.15, 0.2) is 71.8 Å². The number of hydrogen-bond acceptors (Lipinski definition) is 4. The molecule has 0 aromatic heterocycles. The lowest BCUT2D eigenvalue weighted by atomic mass is 9.98. The molecular weight excluding hydrogens is 424 g/mol. The first-order valence-electron chi connectivity index (χ1n) is 9.82. The highest BCUT2D eigenvalue weighted by atomic mass is 19.4. The zero-order valence-corrected chi connectivity index (χ0v) is 17.4. The van der Waals surface area contributed by atoms with Crippen LogP contribution >= 0.6 is 0 Å². The quantitative estimate of drug-likeness (QED) is 0.439. The molecule has 8 heteroatoms. The van der Waals surface area contributed by atoms with Crippen molar-refractivity contribution in [3.05, 3.63) is 89.2 Å². The number of benzene rings is 3. The van der Waals surface area contributed by atoms with Gasteiger partial charge in [0.2, 0.25) is 0 Å². The van der Waals surface area contributed by atoms with Gasteiger partial charge in [-0.25, -0.2) is 4.39 Å². The minimum atomic E-state index is -4.48. The molecule has 1 heterocycles. The molecule has 0 aliphatic carbocycles. The maximum Gasteiger partial charge on any atom is 0.416 e. The Morgan fingerprint density at radius 2 is 1.62 bits per heavy atom. The van der Waals surface area contributed by atoms with Crippen LogP contribution in [0.1, 0.15) is 29.2 Å². The van der Waals surface area contributed by atoms with Gasteiger partial charge >= 0.3 is 6.18 Å². The molecule has 0 saturated carbocycles. The van der Waals surface area contributed by atoms with Crippen LogP contribution in [-0.2, 0) is 6.18 Å². The molecule has 0 radical (unpaired) electrons. The lowest BCUT2D eigenvalue weighted by molar-refractivity contribution is -0.137. The van der Waals surface area contributed by atoms with Crippen molar-refractivity contribution in [3.63, 3.8) is 0 Å². The van der Waals surface area contributed by atoms with E-state index in [4.69, 9.17) is 9.47 Å². The highest BCUT2D eigenvalue weighted by molar-refractivity contribution is 6.03. The Balaban J connectivity index is 1.78. The van der Waals surface area contributed by atoms with Crippen molar-refractivity contribution in [1.29, 1.82) is 0 Å². The molecule has 0 N–H and O–H groups in total. The van der Waals surface area contributed by atoms with Crippen molar-refractivity contribution in [3.8, 4) is 11.5 Å². The molecule has 3 aromatic carbocycles. The summed E-state index contributed by atoms with van der Waals surface area (Å²) in [5, 5.41) is 6.21. The zero-order chi connectivity index (χ0) is 22.9. The molecule has 1 aliphatic heterocycles. The highest BCUT2D eigenvalue weighted by Gasteiger charge is 2.34. The van der Waals surface area contributed by atoms with Crippen LogP contribution in [0.5, 0.6) is 11.5 Å². The Morgan fingerprint density at radius 1 is 0.906 bits per heavy atom. The van der Waals surface area contributed by atoms with Gasteiger partial charge in [-0.1, -0.05) is 18.2 Å². The number of rotatable bonds is 5. The number of alkyl halides is 3. The fourth-order valence-electron chi connectivity index (χ4n) is 3.71. The molecule has 1 unspecified atom stereocenters. The Labute approximate surface area is 182 Å². The van der Waals surface area contributed by atoms with Gasteiger partial charge in [-0.3, -0.25) is 5.01 Å².